The number of hydrogen-bond acceptors (Lipinski definition) is 6. The highest BCUT2D eigenvalue weighted by Gasteiger charge is 2.33. The van der Waals surface area contributed by atoms with E-state index in [4.69, 9.17) is 26.6 Å². The summed E-state index contributed by atoms with van der Waals surface area (Å²) in [7, 11) is 0. The van der Waals surface area contributed by atoms with E-state index in [9.17, 15) is 24.3 Å². The Balaban J connectivity index is 2.40. The van der Waals surface area contributed by atoms with Crippen molar-refractivity contribution in [2.75, 3.05) is 0 Å². The largest absolute Gasteiger partial charge is 0.506 e. The van der Waals surface area contributed by atoms with Gasteiger partial charge in [-0.1, -0.05) is 11.6 Å². The highest BCUT2D eigenvalue weighted by atomic mass is 35.5. The summed E-state index contributed by atoms with van der Waals surface area (Å²) in [5, 5.41) is 29.9. The van der Waals surface area contributed by atoms with Crippen molar-refractivity contribution in [1.29, 1.82) is 0 Å². The van der Waals surface area contributed by atoms with Gasteiger partial charge in [0.25, 0.3) is 5.91 Å². The number of phenolic OH excluding ortho intramolecular Hbond substituents is 1. The minimum Gasteiger partial charge on any atom is -0.506 e. The number of hydrogen-bond donors (Lipinski definition) is 4. The van der Waals surface area contributed by atoms with Gasteiger partial charge >= 0.3 is 17.9 Å². The Bertz CT molecular complexity index is 775. The third-order valence-electron chi connectivity index (χ3n) is 3.58. The molecule has 9 nitrogen and oxygen atoms in total. The van der Waals surface area contributed by atoms with Crippen molar-refractivity contribution >= 4 is 35.4 Å². The SMILES string of the molecule is C[C@@H]1Cc2c(Cl)cc(C(=O)NC(CC(=O)O)C(=O)O)c(O)c2C(=O)O1. The number of phenols is 1. The van der Waals surface area contributed by atoms with E-state index in [-0.39, 0.29) is 17.0 Å². The molecule has 1 aliphatic heterocycles. The van der Waals surface area contributed by atoms with Crippen LogP contribution in [0.3, 0.4) is 0 Å². The van der Waals surface area contributed by atoms with Crippen molar-refractivity contribution < 1.29 is 39.2 Å². The van der Waals surface area contributed by atoms with Crippen molar-refractivity contribution in [2.45, 2.75) is 31.9 Å². The molecule has 10 heteroatoms. The molecule has 0 bridgehead atoms. The maximum atomic E-state index is 12.2. The molecular formula is C15H14ClNO8. The minimum atomic E-state index is -1.72. The first kappa shape index (κ1) is 18.5. The number of aliphatic carboxylic acids is 2. The van der Waals surface area contributed by atoms with Crippen LogP contribution in [-0.2, 0) is 20.7 Å². The van der Waals surface area contributed by atoms with Gasteiger partial charge in [0.1, 0.15) is 23.5 Å². The van der Waals surface area contributed by atoms with Gasteiger partial charge in [-0.2, -0.15) is 0 Å². The number of nitrogens with one attached hydrogen (secondary N) is 1. The van der Waals surface area contributed by atoms with E-state index in [2.05, 4.69) is 0 Å². The lowest BCUT2D eigenvalue weighted by molar-refractivity contribution is -0.145. The number of aromatic hydroxyl groups is 1. The van der Waals surface area contributed by atoms with E-state index in [0.29, 0.717) is 5.56 Å². The monoisotopic (exact) mass is 371 g/mol. The maximum absolute atomic E-state index is 12.2. The van der Waals surface area contributed by atoms with E-state index < -0.39 is 53.7 Å². The summed E-state index contributed by atoms with van der Waals surface area (Å²) in [6, 6.07) is -0.623. The number of rotatable bonds is 5. The van der Waals surface area contributed by atoms with Crippen molar-refractivity contribution in [3.63, 3.8) is 0 Å². The number of halogens is 1. The molecule has 2 atom stereocenters. The second-order valence-corrected chi connectivity index (χ2v) is 5.90. The van der Waals surface area contributed by atoms with Gasteiger partial charge in [0, 0.05) is 11.4 Å². The average molecular weight is 372 g/mol. The number of fused-ring (bicyclic) bond motifs is 1. The van der Waals surface area contributed by atoms with E-state index in [0.717, 1.165) is 6.07 Å². The molecule has 1 unspecified atom stereocenters. The molecule has 1 aliphatic rings. The lowest BCUT2D eigenvalue weighted by Crippen LogP contribution is -2.42. The van der Waals surface area contributed by atoms with Crippen LogP contribution in [0.25, 0.3) is 0 Å². The fourth-order valence-corrected chi connectivity index (χ4v) is 2.73. The van der Waals surface area contributed by atoms with Crippen LogP contribution in [0.15, 0.2) is 6.07 Å². The second-order valence-electron chi connectivity index (χ2n) is 5.49. The molecule has 2 rings (SSSR count). The van der Waals surface area contributed by atoms with Crippen LogP contribution in [-0.4, -0.2) is 51.3 Å². The van der Waals surface area contributed by atoms with E-state index >= 15 is 0 Å². The number of esters is 1. The molecule has 1 aromatic rings. The van der Waals surface area contributed by atoms with Crippen molar-refractivity contribution in [3.8, 4) is 5.75 Å². The number of carboxylic acid groups (broad SMARTS) is 2. The summed E-state index contributed by atoms with van der Waals surface area (Å²) < 4.78 is 4.99. The number of cyclic esters (lactones) is 1. The van der Waals surface area contributed by atoms with Crippen LogP contribution < -0.4 is 5.32 Å². The van der Waals surface area contributed by atoms with Gasteiger partial charge in [0.15, 0.2) is 0 Å². The number of carbonyl (C=O) groups excluding carboxylic acids is 2. The lowest BCUT2D eigenvalue weighted by atomic mass is 9.95. The summed E-state index contributed by atoms with van der Waals surface area (Å²) >= 11 is 6.07. The quantitative estimate of drug-likeness (QED) is 0.555. The van der Waals surface area contributed by atoms with E-state index in [1.54, 1.807) is 6.92 Å². The van der Waals surface area contributed by atoms with Crippen molar-refractivity contribution in [1.82, 2.24) is 5.32 Å². The van der Waals surface area contributed by atoms with Crippen molar-refractivity contribution in [2.24, 2.45) is 0 Å². The van der Waals surface area contributed by atoms with E-state index in [1.165, 1.54) is 0 Å². The normalized spacial score (nSPS) is 17.2. The van der Waals surface area contributed by atoms with Gasteiger partial charge < -0.3 is 25.4 Å². The zero-order valence-corrected chi connectivity index (χ0v) is 13.7. The molecule has 0 fully saturated rings. The molecule has 0 aromatic heterocycles. The third kappa shape index (κ3) is 3.82. The Morgan fingerprint density at radius 1 is 1.40 bits per heavy atom. The Morgan fingerprint density at radius 3 is 2.60 bits per heavy atom. The summed E-state index contributed by atoms with van der Waals surface area (Å²) in [6.45, 7) is 1.64. The average Bonchev–Trinajstić information content (AvgIpc) is 2.48. The van der Waals surface area contributed by atoms with Crippen LogP contribution in [0, 0.1) is 0 Å². The van der Waals surface area contributed by atoms with Crippen LogP contribution >= 0.6 is 11.6 Å². The molecule has 0 saturated heterocycles. The molecule has 0 aliphatic carbocycles. The Hall–Kier alpha value is -2.81. The molecule has 1 amide bonds. The number of ether oxygens (including phenoxy) is 1. The summed E-state index contributed by atoms with van der Waals surface area (Å²) in [4.78, 5) is 45.9. The number of carboxylic acids is 2. The standard InChI is InChI=1S/C15H14ClNO8/c1-5-2-6-8(16)3-7(12(20)11(6)15(24)25-5)13(21)17-9(14(22)23)4-10(18)19/h3,5,9,20H,2,4H2,1H3,(H,17,21)(H,18,19)(H,22,23)/t5-,9?/m1/s1. The first-order valence-corrected chi connectivity index (χ1v) is 7.50. The predicted octanol–water partition coefficient (Wildman–Crippen LogP) is 0.805. The summed E-state index contributed by atoms with van der Waals surface area (Å²) in [6.07, 6.45) is -1.07. The first-order chi connectivity index (χ1) is 11.6. The number of amides is 1. The highest BCUT2D eigenvalue weighted by molar-refractivity contribution is 6.32. The van der Waals surface area contributed by atoms with Crippen LogP contribution in [0.1, 0.15) is 39.6 Å². The molecule has 0 radical (unpaired) electrons. The molecule has 0 saturated carbocycles. The van der Waals surface area contributed by atoms with Crippen LogP contribution in [0.5, 0.6) is 5.75 Å². The summed E-state index contributed by atoms with van der Waals surface area (Å²) in [5.74, 6) is -5.64. The highest BCUT2D eigenvalue weighted by Crippen LogP contribution is 2.36. The molecule has 134 valence electrons. The van der Waals surface area contributed by atoms with Crippen LogP contribution in [0.2, 0.25) is 5.02 Å². The predicted molar refractivity (Wildman–Crippen MR) is 82.8 cm³/mol. The summed E-state index contributed by atoms with van der Waals surface area (Å²) in [5.41, 5.74) is -0.396. The molecule has 1 heterocycles. The lowest BCUT2D eigenvalue weighted by Gasteiger charge is -2.24. The van der Waals surface area contributed by atoms with E-state index in [1.807, 2.05) is 5.32 Å². The van der Waals surface area contributed by atoms with Gasteiger partial charge in [-0.05, 0) is 18.6 Å². The fraction of sp³-hybridized carbons (Fsp3) is 0.333. The smallest absolute Gasteiger partial charge is 0.342 e. The number of carbonyl (C=O) groups is 4. The fourth-order valence-electron chi connectivity index (χ4n) is 2.45. The molecule has 4 N–H and O–H groups in total. The van der Waals surface area contributed by atoms with Crippen LogP contribution in [0.4, 0.5) is 0 Å². The second kappa shape index (κ2) is 6.98. The first-order valence-electron chi connectivity index (χ1n) is 7.12. The molecule has 1 aromatic carbocycles. The van der Waals surface area contributed by atoms with Gasteiger partial charge in [0.2, 0.25) is 0 Å². The Morgan fingerprint density at radius 2 is 2.04 bits per heavy atom. The van der Waals surface area contributed by atoms with Gasteiger partial charge in [0.05, 0.1) is 12.0 Å². The zero-order valence-electron chi connectivity index (χ0n) is 12.9. The zero-order chi connectivity index (χ0) is 18.9. The Kier molecular flexibility index (Phi) is 5.17. The molecule has 25 heavy (non-hydrogen) atoms. The molecule has 0 spiro atoms. The molecular weight excluding hydrogens is 358 g/mol. The number of benzene rings is 1. The van der Waals surface area contributed by atoms with Gasteiger partial charge in [-0.3, -0.25) is 9.59 Å². The third-order valence-corrected chi connectivity index (χ3v) is 3.92. The Labute approximate surface area is 146 Å². The minimum absolute atomic E-state index is 0.0339. The van der Waals surface area contributed by atoms with Gasteiger partial charge in [-0.25, -0.2) is 9.59 Å². The van der Waals surface area contributed by atoms with Gasteiger partial charge in [-0.15, -0.1) is 0 Å². The maximum Gasteiger partial charge on any atom is 0.342 e. The van der Waals surface area contributed by atoms with Crippen molar-refractivity contribution in [3.05, 3.63) is 27.8 Å². The topological polar surface area (TPSA) is 150 Å².